The minimum atomic E-state index is -0.836. The van der Waals surface area contributed by atoms with E-state index in [1.54, 1.807) is 0 Å². The van der Waals surface area contributed by atoms with Crippen LogP contribution in [0.15, 0.2) is 30.3 Å². The molecule has 2 heterocycles. The van der Waals surface area contributed by atoms with Gasteiger partial charge in [0, 0.05) is 0 Å². The van der Waals surface area contributed by atoms with Gasteiger partial charge in [0.2, 0.25) is 5.91 Å². The highest BCUT2D eigenvalue weighted by atomic mass is 32.1. The number of aryl methyl sites for hydroxylation is 1. The van der Waals surface area contributed by atoms with E-state index in [9.17, 15) is 14.4 Å². The highest BCUT2D eigenvalue weighted by Gasteiger charge is 2.31. The predicted molar refractivity (Wildman–Crippen MR) is 86.0 cm³/mol. The van der Waals surface area contributed by atoms with Crippen molar-refractivity contribution in [2.75, 3.05) is 5.32 Å². The van der Waals surface area contributed by atoms with Crippen molar-refractivity contribution in [3.63, 3.8) is 0 Å². The van der Waals surface area contributed by atoms with Gasteiger partial charge in [0.1, 0.15) is 6.04 Å². The van der Waals surface area contributed by atoms with Crippen molar-refractivity contribution < 1.29 is 14.4 Å². The van der Waals surface area contributed by atoms with Gasteiger partial charge in [-0.1, -0.05) is 41.7 Å². The van der Waals surface area contributed by atoms with Gasteiger partial charge in [-0.2, -0.15) is 0 Å². The third-order valence-corrected chi connectivity index (χ3v) is 4.45. The second kappa shape index (κ2) is 6.17. The molecule has 0 bridgehead atoms. The zero-order valence-electron chi connectivity index (χ0n) is 12.3. The molecule has 0 spiro atoms. The van der Waals surface area contributed by atoms with E-state index < -0.39 is 18.0 Å². The lowest BCUT2D eigenvalue weighted by atomic mass is 10.2. The molecule has 4 amide bonds. The van der Waals surface area contributed by atoms with Crippen LogP contribution in [0.2, 0.25) is 0 Å². The summed E-state index contributed by atoms with van der Waals surface area (Å²) in [6, 6.07) is 8.35. The van der Waals surface area contributed by atoms with Crippen LogP contribution < -0.4 is 16.0 Å². The lowest BCUT2D eigenvalue weighted by Crippen LogP contribution is -2.33. The molecule has 3 N–H and O–H groups in total. The topological polar surface area (TPSA) is 100 Å². The fourth-order valence-corrected chi connectivity index (χ4v) is 3.25. The number of imide groups is 1. The minimum Gasteiger partial charge on any atom is -0.325 e. The van der Waals surface area contributed by atoms with E-state index in [-0.39, 0.29) is 12.3 Å². The maximum atomic E-state index is 12.0. The maximum Gasteiger partial charge on any atom is 0.322 e. The van der Waals surface area contributed by atoms with Crippen LogP contribution in [0.5, 0.6) is 0 Å². The largest absolute Gasteiger partial charge is 0.325 e. The Morgan fingerprint density at radius 2 is 2.04 bits per heavy atom. The number of urea groups is 1. The molecule has 1 aliphatic heterocycles. The molecular weight excluding hydrogens is 316 g/mol. The zero-order valence-corrected chi connectivity index (χ0v) is 13.1. The van der Waals surface area contributed by atoms with E-state index in [4.69, 9.17) is 0 Å². The number of thiazole rings is 1. The van der Waals surface area contributed by atoms with Crippen LogP contribution in [-0.4, -0.2) is 28.9 Å². The lowest BCUT2D eigenvalue weighted by molar-refractivity contribution is -0.124. The molecule has 1 aromatic carbocycles. The van der Waals surface area contributed by atoms with Crippen LogP contribution in [-0.2, 0) is 9.59 Å². The Labute approximate surface area is 136 Å². The van der Waals surface area contributed by atoms with E-state index in [1.807, 2.05) is 37.3 Å². The van der Waals surface area contributed by atoms with Crippen molar-refractivity contribution in [2.24, 2.45) is 0 Å². The van der Waals surface area contributed by atoms with Gasteiger partial charge in [-0.3, -0.25) is 14.9 Å². The summed E-state index contributed by atoms with van der Waals surface area (Å²) in [5.74, 6) is -0.869. The summed E-state index contributed by atoms with van der Waals surface area (Å²) in [5.41, 5.74) is 1.86. The van der Waals surface area contributed by atoms with Crippen LogP contribution in [0, 0.1) is 6.92 Å². The summed E-state index contributed by atoms with van der Waals surface area (Å²) in [7, 11) is 0. The van der Waals surface area contributed by atoms with Gasteiger partial charge < -0.3 is 10.6 Å². The highest BCUT2D eigenvalue weighted by molar-refractivity contribution is 7.19. The standard InChI is InChI=1S/C15H14N4O3S/c1-8-12(9-5-3-2-4-6-9)23-15(16-8)18-11(20)7-10-13(21)19-14(22)17-10/h2-6,10H,7H2,1H3,(H,16,18,20)(H2,17,19,21,22)/t10-/m0/s1. The molecule has 0 unspecified atom stereocenters. The number of nitrogens with zero attached hydrogens (tertiary/aromatic N) is 1. The summed E-state index contributed by atoms with van der Waals surface area (Å²) < 4.78 is 0. The molecule has 118 valence electrons. The second-order valence-electron chi connectivity index (χ2n) is 5.07. The van der Waals surface area contributed by atoms with Gasteiger partial charge in [0.25, 0.3) is 5.91 Å². The normalized spacial score (nSPS) is 16.8. The van der Waals surface area contributed by atoms with Crippen molar-refractivity contribution in [3.8, 4) is 10.4 Å². The first-order valence-electron chi connectivity index (χ1n) is 6.97. The summed E-state index contributed by atoms with van der Waals surface area (Å²) >= 11 is 1.37. The van der Waals surface area contributed by atoms with Crippen molar-refractivity contribution in [3.05, 3.63) is 36.0 Å². The molecule has 7 nitrogen and oxygen atoms in total. The number of nitrogens with one attached hydrogen (secondary N) is 3. The molecule has 3 rings (SSSR count). The van der Waals surface area contributed by atoms with Crippen molar-refractivity contribution in [1.29, 1.82) is 0 Å². The first-order chi connectivity index (χ1) is 11.0. The third kappa shape index (κ3) is 3.37. The first-order valence-corrected chi connectivity index (χ1v) is 7.78. The van der Waals surface area contributed by atoms with Gasteiger partial charge in [0.15, 0.2) is 5.13 Å². The highest BCUT2D eigenvalue weighted by Crippen LogP contribution is 2.32. The Bertz CT molecular complexity index is 772. The van der Waals surface area contributed by atoms with Crippen LogP contribution in [0.4, 0.5) is 9.93 Å². The number of amides is 4. The Morgan fingerprint density at radius 1 is 1.30 bits per heavy atom. The Balaban J connectivity index is 1.68. The van der Waals surface area contributed by atoms with Crippen molar-refractivity contribution in [2.45, 2.75) is 19.4 Å². The molecule has 1 aliphatic rings. The smallest absolute Gasteiger partial charge is 0.322 e. The minimum absolute atomic E-state index is 0.128. The molecular formula is C15H14N4O3S. The van der Waals surface area contributed by atoms with E-state index in [0.717, 1.165) is 16.1 Å². The molecule has 0 radical (unpaired) electrons. The number of aromatic nitrogens is 1. The first kappa shape index (κ1) is 15.2. The monoisotopic (exact) mass is 330 g/mol. The fourth-order valence-electron chi connectivity index (χ4n) is 2.27. The summed E-state index contributed by atoms with van der Waals surface area (Å²) in [6.07, 6.45) is -0.128. The quantitative estimate of drug-likeness (QED) is 0.742. The van der Waals surface area contributed by atoms with Crippen molar-refractivity contribution >= 4 is 34.3 Å². The van der Waals surface area contributed by atoms with Crippen LogP contribution in [0.25, 0.3) is 10.4 Å². The van der Waals surface area contributed by atoms with Gasteiger partial charge >= 0.3 is 6.03 Å². The van der Waals surface area contributed by atoms with E-state index in [0.29, 0.717) is 5.13 Å². The molecule has 1 fully saturated rings. The molecule has 0 aliphatic carbocycles. The van der Waals surface area contributed by atoms with Gasteiger partial charge in [-0.25, -0.2) is 9.78 Å². The average Bonchev–Trinajstić information content (AvgIpc) is 3.02. The van der Waals surface area contributed by atoms with Gasteiger partial charge in [-0.15, -0.1) is 0 Å². The molecule has 1 aromatic heterocycles. The van der Waals surface area contributed by atoms with Crippen molar-refractivity contribution in [1.82, 2.24) is 15.6 Å². The zero-order chi connectivity index (χ0) is 16.4. The second-order valence-corrected chi connectivity index (χ2v) is 6.07. The van der Waals surface area contributed by atoms with Crippen LogP contribution in [0.3, 0.4) is 0 Å². The molecule has 1 atom stereocenters. The van der Waals surface area contributed by atoms with E-state index in [1.165, 1.54) is 11.3 Å². The van der Waals surface area contributed by atoms with E-state index in [2.05, 4.69) is 20.9 Å². The maximum absolute atomic E-state index is 12.0. The number of carbonyl (C=O) groups is 3. The molecule has 23 heavy (non-hydrogen) atoms. The number of hydrogen-bond donors (Lipinski definition) is 3. The van der Waals surface area contributed by atoms with Gasteiger partial charge in [0.05, 0.1) is 17.0 Å². The van der Waals surface area contributed by atoms with Gasteiger partial charge in [-0.05, 0) is 12.5 Å². The number of anilines is 1. The Kier molecular flexibility index (Phi) is 4.07. The molecule has 2 aromatic rings. The number of carbonyl (C=O) groups excluding carboxylic acids is 3. The summed E-state index contributed by atoms with van der Waals surface area (Å²) in [5, 5.41) is 7.62. The van der Waals surface area contributed by atoms with E-state index >= 15 is 0 Å². The average molecular weight is 330 g/mol. The predicted octanol–water partition coefficient (Wildman–Crippen LogP) is 1.66. The Hall–Kier alpha value is -2.74. The number of benzene rings is 1. The number of rotatable bonds is 4. The SMILES string of the molecule is Cc1nc(NC(=O)C[C@@H]2NC(=O)NC2=O)sc1-c1ccccc1. The number of hydrogen-bond acceptors (Lipinski definition) is 5. The Morgan fingerprint density at radius 3 is 2.70 bits per heavy atom. The molecule has 1 saturated heterocycles. The van der Waals surface area contributed by atoms with Crippen LogP contribution in [0.1, 0.15) is 12.1 Å². The molecule has 0 saturated carbocycles. The summed E-state index contributed by atoms with van der Waals surface area (Å²) in [6.45, 7) is 1.87. The third-order valence-electron chi connectivity index (χ3n) is 3.33. The van der Waals surface area contributed by atoms with Crippen LogP contribution >= 0.6 is 11.3 Å². The fraction of sp³-hybridized carbons (Fsp3) is 0.200. The lowest BCUT2D eigenvalue weighted by Gasteiger charge is -2.06. The molecule has 8 heteroatoms. The summed E-state index contributed by atoms with van der Waals surface area (Å²) in [4.78, 5) is 39.8.